The molecule has 1 amide bonds. The summed E-state index contributed by atoms with van der Waals surface area (Å²) in [6, 6.07) is 11.7. The smallest absolute Gasteiger partial charge is 0.235 e. The van der Waals surface area contributed by atoms with Crippen LogP contribution >= 0.6 is 11.8 Å². The Labute approximate surface area is 139 Å². The SMILES string of the molecule is C[C@H](Sc1ncc(C#N)c(N)n1)C(=O)N(C)Cc1ccccc1. The first-order valence-corrected chi connectivity index (χ1v) is 7.87. The summed E-state index contributed by atoms with van der Waals surface area (Å²) in [5.41, 5.74) is 6.96. The minimum absolute atomic E-state index is 0.0228. The Kier molecular flexibility index (Phi) is 5.55. The molecule has 0 aliphatic heterocycles. The van der Waals surface area contributed by atoms with Crippen LogP contribution in [0.3, 0.4) is 0 Å². The summed E-state index contributed by atoms with van der Waals surface area (Å²) in [6.45, 7) is 2.34. The van der Waals surface area contributed by atoms with E-state index in [0.717, 1.165) is 5.56 Å². The lowest BCUT2D eigenvalue weighted by Crippen LogP contribution is -2.32. The van der Waals surface area contributed by atoms with Gasteiger partial charge in [-0.15, -0.1) is 0 Å². The van der Waals surface area contributed by atoms with E-state index in [1.54, 1.807) is 18.9 Å². The van der Waals surface area contributed by atoms with Gasteiger partial charge in [0.05, 0.1) is 11.4 Å². The second kappa shape index (κ2) is 7.61. The van der Waals surface area contributed by atoms with E-state index in [4.69, 9.17) is 11.0 Å². The molecule has 1 aromatic heterocycles. The quantitative estimate of drug-likeness (QED) is 0.667. The molecule has 2 rings (SSSR count). The molecule has 0 unspecified atom stereocenters. The van der Waals surface area contributed by atoms with Crippen molar-refractivity contribution in [3.05, 3.63) is 47.7 Å². The van der Waals surface area contributed by atoms with E-state index in [0.29, 0.717) is 11.7 Å². The highest BCUT2D eigenvalue weighted by Gasteiger charge is 2.20. The zero-order valence-corrected chi connectivity index (χ0v) is 13.7. The van der Waals surface area contributed by atoms with Crippen molar-refractivity contribution in [2.75, 3.05) is 12.8 Å². The standard InChI is InChI=1S/C16H17N5OS/c1-11(23-16-19-9-13(8-17)14(18)20-16)15(22)21(2)10-12-6-4-3-5-7-12/h3-7,9,11H,10H2,1-2H3,(H2,18,19,20)/t11-/m0/s1. The van der Waals surface area contributed by atoms with Crippen molar-refractivity contribution in [1.29, 1.82) is 5.26 Å². The van der Waals surface area contributed by atoms with Crippen LogP contribution in [0.2, 0.25) is 0 Å². The fourth-order valence-corrected chi connectivity index (χ4v) is 2.84. The number of carbonyl (C=O) groups excluding carboxylic acids is 1. The Morgan fingerprint density at radius 2 is 2.13 bits per heavy atom. The second-order valence-electron chi connectivity index (χ2n) is 5.00. The highest BCUT2D eigenvalue weighted by atomic mass is 32.2. The van der Waals surface area contributed by atoms with Gasteiger partial charge in [0.15, 0.2) is 5.16 Å². The molecule has 1 aromatic carbocycles. The molecular formula is C16H17N5OS. The van der Waals surface area contributed by atoms with Crippen molar-refractivity contribution >= 4 is 23.5 Å². The third-order valence-corrected chi connectivity index (χ3v) is 4.15. The maximum absolute atomic E-state index is 12.4. The maximum atomic E-state index is 12.4. The van der Waals surface area contributed by atoms with Crippen molar-refractivity contribution in [3.8, 4) is 6.07 Å². The van der Waals surface area contributed by atoms with Crippen LogP contribution in [0.15, 0.2) is 41.7 Å². The van der Waals surface area contributed by atoms with Crippen LogP contribution in [0.4, 0.5) is 5.82 Å². The van der Waals surface area contributed by atoms with Crippen molar-refractivity contribution < 1.29 is 4.79 Å². The molecule has 0 aliphatic carbocycles. The molecule has 0 spiro atoms. The molecule has 1 atom stereocenters. The molecule has 7 heteroatoms. The molecule has 118 valence electrons. The summed E-state index contributed by atoms with van der Waals surface area (Å²) in [7, 11) is 1.76. The molecule has 0 bridgehead atoms. The van der Waals surface area contributed by atoms with Gasteiger partial charge in [0.25, 0.3) is 0 Å². The van der Waals surface area contributed by atoms with E-state index in [2.05, 4.69) is 9.97 Å². The van der Waals surface area contributed by atoms with Gasteiger partial charge in [-0.25, -0.2) is 9.97 Å². The largest absolute Gasteiger partial charge is 0.382 e. The molecule has 0 saturated carbocycles. The minimum Gasteiger partial charge on any atom is -0.382 e. The topological polar surface area (TPSA) is 95.9 Å². The maximum Gasteiger partial charge on any atom is 0.235 e. The molecule has 2 N–H and O–H groups in total. The van der Waals surface area contributed by atoms with Gasteiger partial charge < -0.3 is 10.6 Å². The van der Waals surface area contributed by atoms with Crippen molar-refractivity contribution in [3.63, 3.8) is 0 Å². The van der Waals surface area contributed by atoms with Crippen molar-refractivity contribution in [1.82, 2.24) is 14.9 Å². The summed E-state index contributed by atoms with van der Waals surface area (Å²) in [5.74, 6) is 0.104. The van der Waals surface area contributed by atoms with Gasteiger partial charge in [-0.3, -0.25) is 4.79 Å². The number of anilines is 1. The Balaban J connectivity index is 1.99. The van der Waals surface area contributed by atoms with Crippen LogP contribution in [0, 0.1) is 11.3 Å². The van der Waals surface area contributed by atoms with Gasteiger partial charge in [-0.05, 0) is 12.5 Å². The third-order valence-electron chi connectivity index (χ3n) is 3.19. The molecule has 2 aromatic rings. The lowest BCUT2D eigenvalue weighted by atomic mass is 10.2. The minimum atomic E-state index is -0.351. The third kappa shape index (κ3) is 4.44. The van der Waals surface area contributed by atoms with Gasteiger partial charge >= 0.3 is 0 Å². The molecule has 0 radical (unpaired) electrons. The van der Waals surface area contributed by atoms with Crippen LogP contribution in [0.1, 0.15) is 18.1 Å². The predicted octanol–water partition coefficient (Wildman–Crippen LogP) is 2.07. The number of hydrogen-bond acceptors (Lipinski definition) is 6. The molecular weight excluding hydrogens is 310 g/mol. The van der Waals surface area contributed by atoms with Crippen LogP contribution in [-0.2, 0) is 11.3 Å². The van der Waals surface area contributed by atoms with Gasteiger partial charge in [-0.2, -0.15) is 5.26 Å². The zero-order valence-electron chi connectivity index (χ0n) is 12.9. The van der Waals surface area contributed by atoms with Crippen LogP contribution in [-0.4, -0.2) is 33.1 Å². The zero-order chi connectivity index (χ0) is 16.8. The summed E-state index contributed by atoms with van der Waals surface area (Å²) in [5, 5.41) is 8.85. The molecule has 0 saturated heterocycles. The van der Waals surface area contributed by atoms with Gasteiger partial charge in [-0.1, -0.05) is 42.1 Å². The number of carbonyl (C=O) groups is 1. The Bertz CT molecular complexity index is 729. The van der Waals surface area contributed by atoms with Gasteiger partial charge in [0.2, 0.25) is 5.91 Å². The number of thioether (sulfide) groups is 1. The Morgan fingerprint density at radius 1 is 1.43 bits per heavy atom. The van der Waals surface area contributed by atoms with Gasteiger partial charge in [0, 0.05) is 13.6 Å². The lowest BCUT2D eigenvalue weighted by Gasteiger charge is -2.20. The molecule has 0 aliphatic rings. The number of nitrogen functional groups attached to an aromatic ring is 1. The van der Waals surface area contributed by atoms with E-state index in [-0.39, 0.29) is 22.5 Å². The molecule has 0 fully saturated rings. The average molecular weight is 327 g/mol. The van der Waals surface area contributed by atoms with Crippen molar-refractivity contribution in [2.24, 2.45) is 0 Å². The Hall–Kier alpha value is -2.59. The number of amides is 1. The summed E-state index contributed by atoms with van der Waals surface area (Å²) in [6.07, 6.45) is 1.37. The number of nitrogens with zero attached hydrogens (tertiary/aromatic N) is 4. The summed E-state index contributed by atoms with van der Waals surface area (Å²) < 4.78 is 0. The predicted molar refractivity (Wildman–Crippen MR) is 89.4 cm³/mol. The normalized spacial score (nSPS) is 11.5. The fraction of sp³-hybridized carbons (Fsp3) is 0.250. The fourth-order valence-electron chi connectivity index (χ4n) is 1.98. The molecule has 23 heavy (non-hydrogen) atoms. The van der Waals surface area contributed by atoms with E-state index in [1.165, 1.54) is 18.0 Å². The highest BCUT2D eigenvalue weighted by Crippen LogP contribution is 2.22. The Morgan fingerprint density at radius 3 is 2.74 bits per heavy atom. The van der Waals surface area contributed by atoms with Crippen LogP contribution < -0.4 is 5.73 Å². The first kappa shape index (κ1) is 16.8. The van der Waals surface area contributed by atoms with E-state index in [9.17, 15) is 4.79 Å². The highest BCUT2D eigenvalue weighted by molar-refractivity contribution is 8.00. The van der Waals surface area contributed by atoms with Gasteiger partial charge in [0.1, 0.15) is 17.5 Å². The molecule has 6 nitrogen and oxygen atoms in total. The summed E-state index contributed by atoms with van der Waals surface area (Å²) in [4.78, 5) is 22.2. The number of aromatic nitrogens is 2. The summed E-state index contributed by atoms with van der Waals surface area (Å²) >= 11 is 1.22. The number of hydrogen-bond donors (Lipinski definition) is 1. The van der Waals surface area contributed by atoms with Crippen molar-refractivity contribution in [2.45, 2.75) is 23.9 Å². The van der Waals surface area contributed by atoms with E-state index in [1.807, 2.05) is 36.4 Å². The first-order chi connectivity index (χ1) is 11.0. The number of nitriles is 1. The number of rotatable bonds is 5. The van der Waals surface area contributed by atoms with E-state index >= 15 is 0 Å². The van der Waals surface area contributed by atoms with Crippen LogP contribution in [0.25, 0.3) is 0 Å². The first-order valence-electron chi connectivity index (χ1n) is 6.99. The average Bonchev–Trinajstić information content (AvgIpc) is 2.55. The monoisotopic (exact) mass is 327 g/mol. The lowest BCUT2D eigenvalue weighted by molar-refractivity contribution is -0.129. The molecule has 1 heterocycles. The number of nitrogens with two attached hydrogens (primary N) is 1. The van der Waals surface area contributed by atoms with E-state index < -0.39 is 0 Å². The van der Waals surface area contributed by atoms with Crippen LogP contribution in [0.5, 0.6) is 0 Å². The number of benzene rings is 1. The second-order valence-corrected chi connectivity index (χ2v) is 6.31.